The number of likely N-dealkylation sites (tertiary alicyclic amines) is 1. The van der Waals surface area contributed by atoms with E-state index in [0.29, 0.717) is 0 Å². The zero-order chi connectivity index (χ0) is 13.6. The first-order valence-electron chi connectivity index (χ1n) is 5.17. The van der Waals surface area contributed by atoms with Gasteiger partial charge in [0, 0.05) is 6.08 Å². The summed E-state index contributed by atoms with van der Waals surface area (Å²) in [5, 5.41) is 16.7. The summed E-state index contributed by atoms with van der Waals surface area (Å²) in [6.45, 7) is 9.26. The highest BCUT2D eigenvalue weighted by molar-refractivity contribution is 5.81. The highest BCUT2D eigenvalue weighted by atomic mass is 16.6. The molecule has 1 heterocycles. The largest absolute Gasteiger partial charge is 0.465 e. The molecular weight excluding hydrogens is 226 g/mol. The molecule has 0 unspecified atom stereocenters. The number of hydrogen-bond acceptors (Lipinski definition) is 4. The van der Waals surface area contributed by atoms with Crippen molar-refractivity contribution in [2.24, 2.45) is 0 Å². The third-order valence-electron chi connectivity index (χ3n) is 1.71. The van der Waals surface area contributed by atoms with Gasteiger partial charge in [-0.1, -0.05) is 6.58 Å². The molecule has 0 atom stereocenters. The lowest BCUT2D eigenvalue weighted by Gasteiger charge is -2.32. The van der Waals surface area contributed by atoms with Crippen molar-refractivity contribution in [3.63, 3.8) is 0 Å². The lowest BCUT2D eigenvalue weighted by atomic mass is 10.2. The van der Waals surface area contributed by atoms with Crippen LogP contribution >= 0.6 is 0 Å². The molecule has 1 fully saturated rings. The van der Waals surface area contributed by atoms with E-state index in [1.54, 1.807) is 0 Å². The average Bonchev–Trinajstić information content (AvgIpc) is 2.11. The van der Waals surface area contributed by atoms with E-state index in [2.05, 4.69) is 6.58 Å². The molecule has 0 saturated carbocycles. The van der Waals surface area contributed by atoms with E-state index in [1.807, 2.05) is 20.8 Å². The minimum Gasteiger partial charge on any atom is -0.465 e. The minimum atomic E-state index is -0.949. The van der Waals surface area contributed by atoms with Gasteiger partial charge in [0.2, 0.25) is 0 Å². The van der Waals surface area contributed by atoms with Crippen molar-refractivity contribution in [2.75, 3.05) is 13.1 Å². The third-order valence-corrected chi connectivity index (χ3v) is 1.71. The summed E-state index contributed by atoms with van der Waals surface area (Å²) in [5.41, 5.74) is -0.398. The van der Waals surface area contributed by atoms with Crippen LogP contribution in [0.3, 0.4) is 0 Å². The Morgan fingerprint density at radius 2 is 1.88 bits per heavy atom. The van der Waals surface area contributed by atoms with Crippen molar-refractivity contribution in [3.8, 4) is 0 Å². The Morgan fingerprint density at radius 3 is 2.00 bits per heavy atom. The SMILES string of the molecule is C=CC(=O)OC(C)(C)C.O=C(O)N1CC(O)C1. The fourth-order valence-corrected chi connectivity index (χ4v) is 0.955. The minimum absolute atomic E-state index is 0.273. The molecule has 0 aromatic rings. The van der Waals surface area contributed by atoms with Gasteiger partial charge in [-0.2, -0.15) is 0 Å². The summed E-state index contributed by atoms with van der Waals surface area (Å²) in [6, 6.07) is 0. The molecule has 0 aliphatic carbocycles. The van der Waals surface area contributed by atoms with Crippen molar-refractivity contribution >= 4 is 12.1 Å². The summed E-state index contributed by atoms with van der Waals surface area (Å²) in [4.78, 5) is 21.6. The normalized spacial score (nSPS) is 15.2. The Morgan fingerprint density at radius 1 is 1.41 bits per heavy atom. The molecule has 98 valence electrons. The van der Waals surface area contributed by atoms with Crippen LogP contribution in [-0.4, -0.2) is 52.0 Å². The number of aliphatic hydroxyl groups is 1. The Labute approximate surface area is 100 Å². The zero-order valence-corrected chi connectivity index (χ0v) is 10.3. The number of ether oxygens (including phenoxy) is 1. The molecule has 17 heavy (non-hydrogen) atoms. The first kappa shape index (κ1) is 15.4. The van der Waals surface area contributed by atoms with E-state index < -0.39 is 17.8 Å². The van der Waals surface area contributed by atoms with Crippen molar-refractivity contribution in [1.82, 2.24) is 4.90 Å². The van der Waals surface area contributed by atoms with Crippen LogP contribution in [-0.2, 0) is 9.53 Å². The molecule has 1 saturated heterocycles. The van der Waals surface area contributed by atoms with Crippen molar-refractivity contribution in [3.05, 3.63) is 12.7 Å². The van der Waals surface area contributed by atoms with Crippen LogP contribution in [0.5, 0.6) is 0 Å². The highest BCUT2D eigenvalue weighted by Crippen LogP contribution is 2.06. The molecule has 0 aromatic carbocycles. The summed E-state index contributed by atoms with van der Waals surface area (Å²) in [7, 11) is 0. The number of carboxylic acid groups (broad SMARTS) is 1. The fourth-order valence-electron chi connectivity index (χ4n) is 0.955. The van der Waals surface area contributed by atoms with Gasteiger partial charge in [0.05, 0.1) is 19.2 Å². The Kier molecular flexibility index (Phi) is 5.67. The lowest BCUT2D eigenvalue weighted by Crippen LogP contribution is -2.52. The Balaban J connectivity index is 0.000000302. The van der Waals surface area contributed by atoms with E-state index >= 15 is 0 Å². The second kappa shape index (κ2) is 6.24. The fraction of sp³-hybridized carbons (Fsp3) is 0.636. The molecule has 1 amide bonds. The van der Waals surface area contributed by atoms with Gasteiger partial charge in [-0.25, -0.2) is 9.59 Å². The first-order chi connectivity index (χ1) is 7.65. The van der Waals surface area contributed by atoms with Gasteiger partial charge in [-0.3, -0.25) is 0 Å². The van der Waals surface area contributed by atoms with Crippen molar-refractivity contribution in [2.45, 2.75) is 32.5 Å². The molecule has 0 aromatic heterocycles. The molecule has 1 aliphatic heterocycles. The van der Waals surface area contributed by atoms with Gasteiger partial charge < -0.3 is 19.8 Å². The standard InChI is InChI=1S/C7H12O2.C4H7NO3/c1-5-6(8)9-7(2,3)4;6-3-1-5(2-3)4(7)8/h5H,1H2,2-4H3;3,6H,1-2H2,(H,7,8). The van der Waals surface area contributed by atoms with E-state index in [1.165, 1.54) is 0 Å². The summed E-state index contributed by atoms with van der Waals surface area (Å²) in [5.74, 6) is -0.373. The van der Waals surface area contributed by atoms with Crippen LogP contribution in [0.4, 0.5) is 4.79 Å². The monoisotopic (exact) mass is 245 g/mol. The van der Waals surface area contributed by atoms with Crippen molar-refractivity contribution in [1.29, 1.82) is 0 Å². The molecule has 1 aliphatic rings. The maximum atomic E-state index is 10.5. The second-order valence-corrected chi connectivity index (χ2v) is 4.58. The van der Waals surface area contributed by atoms with Gasteiger partial charge >= 0.3 is 12.1 Å². The molecule has 0 bridgehead atoms. The number of carbonyl (C=O) groups is 2. The molecule has 0 radical (unpaired) electrons. The van der Waals surface area contributed by atoms with E-state index in [0.717, 1.165) is 11.0 Å². The molecule has 2 N–H and O–H groups in total. The first-order valence-corrected chi connectivity index (χ1v) is 5.17. The highest BCUT2D eigenvalue weighted by Gasteiger charge is 2.27. The quantitative estimate of drug-likeness (QED) is 0.528. The summed E-state index contributed by atoms with van der Waals surface area (Å²) >= 11 is 0. The van der Waals surface area contributed by atoms with Gasteiger partial charge in [0.25, 0.3) is 0 Å². The van der Waals surface area contributed by atoms with E-state index in [-0.39, 0.29) is 19.1 Å². The average molecular weight is 245 g/mol. The number of rotatable bonds is 1. The van der Waals surface area contributed by atoms with Crippen LogP contribution in [0.1, 0.15) is 20.8 Å². The number of β-amino-alcohol motifs (C(OH)–C–C–N with tert-alkyl or cyclic N) is 1. The van der Waals surface area contributed by atoms with E-state index in [4.69, 9.17) is 14.9 Å². The molecular formula is C11H19NO5. The molecule has 1 rings (SSSR count). The van der Waals surface area contributed by atoms with Crippen LogP contribution in [0.15, 0.2) is 12.7 Å². The van der Waals surface area contributed by atoms with Crippen LogP contribution < -0.4 is 0 Å². The van der Waals surface area contributed by atoms with E-state index in [9.17, 15) is 9.59 Å². The smallest absolute Gasteiger partial charge is 0.407 e. The zero-order valence-electron chi connectivity index (χ0n) is 10.3. The molecule has 6 nitrogen and oxygen atoms in total. The number of amides is 1. The lowest BCUT2D eigenvalue weighted by molar-refractivity contribution is -0.148. The number of nitrogens with zero attached hydrogens (tertiary/aromatic N) is 1. The predicted molar refractivity (Wildman–Crippen MR) is 61.6 cm³/mol. The number of esters is 1. The molecule has 6 heteroatoms. The Bertz CT molecular complexity index is 289. The maximum absolute atomic E-state index is 10.5. The topological polar surface area (TPSA) is 87.1 Å². The van der Waals surface area contributed by atoms with Gasteiger partial charge in [-0.15, -0.1) is 0 Å². The number of hydrogen-bond donors (Lipinski definition) is 2. The van der Waals surface area contributed by atoms with Crippen LogP contribution in [0, 0.1) is 0 Å². The van der Waals surface area contributed by atoms with Crippen molar-refractivity contribution < 1.29 is 24.5 Å². The van der Waals surface area contributed by atoms with Crippen LogP contribution in [0.25, 0.3) is 0 Å². The van der Waals surface area contributed by atoms with Gasteiger partial charge in [-0.05, 0) is 20.8 Å². The number of carbonyl (C=O) groups excluding carboxylic acids is 1. The predicted octanol–water partition coefficient (Wildman–Crippen LogP) is 0.855. The van der Waals surface area contributed by atoms with Crippen LogP contribution in [0.2, 0.25) is 0 Å². The number of aliphatic hydroxyl groups excluding tert-OH is 1. The maximum Gasteiger partial charge on any atom is 0.407 e. The summed E-state index contributed by atoms with van der Waals surface area (Å²) in [6.07, 6.45) is -0.216. The van der Waals surface area contributed by atoms with Gasteiger partial charge in [0.15, 0.2) is 0 Å². The summed E-state index contributed by atoms with van der Waals surface area (Å²) < 4.78 is 4.83. The third kappa shape index (κ3) is 7.35. The molecule has 0 spiro atoms. The Hall–Kier alpha value is -1.56. The van der Waals surface area contributed by atoms with Gasteiger partial charge in [0.1, 0.15) is 5.60 Å². The second-order valence-electron chi connectivity index (χ2n) is 4.58.